The maximum atomic E-state index is 10.3. The van der Waals surface area contributed by atoms with Crippen LogP contribution in [-0.4, -0.2) is 10.7 Å². The zero-order valence-electron chi connectivity index (χ0n) is 9.77. The van der Waals surface area contributed by atoms with E-state index in [-0.39, 0.29) is 0 Å². The van der Waals surface area contributed by atoms with Crippen LogP contribution in [0, 0.1) is 0 Å². The molecule has 1 nitrogen and oxygen atoms in total. The third kappa shape index (κ3) is 4.59. The molecule has 2 heteroatoms. The molecule has 0 saturated heterocycles. The molecule has 0 spiro atoms. The highest BCUT2D eigenvalue weighted by Crippen LogP contribution is 2.20. The quantitative estimate of drug-likeness (QED) is 0.747. The molecule has 0 aliphatic rings. The van der Waals surface area contributed by atoms with Gasteiger partial charge in [-0.2, -0.15) is 0 Å². The predicted octanol–water partition coefficient (Wildman–Crippen LogP) is 4.24. The lowest BCUT2D eigenvalue weighted by Gasteiger charge is -2.21. The average molecular weight is 249 g/mol. The van der Waals surface area contributed by atoms with Crippen molar-refractivity contribution in [3.63, 3.8) is 0 Å². The minimum atomic E-state index is -0.900. The smallest absolute Gasteiger partial charge is 0.0899 e. The highest BCUT2D eigenvalue weighted by molar-refractivity contribution is 6.30. The molecule has 0 amide bonds. The SMILES string of the molecule is C=CCC(O)(/C=C/c1ccc(Cl)cc1)CC=C. The number of hydrogen-bond acceptors (Lipinski definition) is 1. The van der Waals surface area contributed by atoms with Crippen molar-refractivity contribution < 1.29 is 5.11 Å². The first-order valence-electron chi connectivity index (χ1n) is 5.48. The summed E-state index contributed by atoms with van der Waals surface area (Å²) in [7, 11) is 0. The molecule has 1 rings (SSSR count). The van der Waals surface area contributed by atoms with Gasteiger partial charge in [0.25, 0.3) is 0 Å². The van der Waals surface area contributed by atoms with E-state index < -0.39 is 5.60 Å². The Balaban J connectivity index is 2.81. The Hall–Kier alpha value is -1.31. The normalized spacial score (nSPS) is 11.6. The first kappa shape index (κ1) is 13.8. The van der Waals surface area contributed by atoms with Crippen LogP contribution in [-0.2, 0) is 0 Å². The molecule has 0 bridgehead atoms. The van der Waals surface area contributed by atoms with Gasteiger partial charge in [-0.25, -0.2) is 0 Å². The van der Waals surface area contributed by atoms with E-state index in [1.807, 2.05) is 30.3 Å². The maximum Gasteiger partial charge on any atom is 0.0899 e. The van der Waals surface area contributed by atoms with E-state index in [2.05, 4.69) is 13.2 Å². The van der Waals surface area contributed by atoms with Crippen LogP contribution >= 0.6 is 11.6 Å². The topological polar surface area (TPSA) is 20.2 Å². The summed E-state index contributed by atoms with van der Waals surface area (Å²) >= 11 is 5.80. The fourth-order valence-corrected chi connectivity index (χ4v) is 1.67. The van der Waals surface area contributed by atoms with Crippen LogP contribution in [0.1, 0.15) is 18.4 Å². The number of hydrogen-bond donors (Lipinski definition) is 1. The Morgan fingerprint density at radius 1 is 1.12 bits per heavy atom. The van der Waals surface area contributed by atoms with Crippen LogP contribution in [0.25, 0.3) is 6.08 Å². The largest absolute Gasteiger partial charge is 0.385 e. The first-order chi connectivity index (χ1) is 8.09. The zero-order valence-corrected chi connectivity index (χ0v) is 10.5. The molecule has 1 aromatic rings. The summed E-state index contributed by atoms with van der Waals surface area (Å²) in [6.45, 7) is 7.30. The van der Waals surface area contributed by atoms with E-state index in [9.17, 15) is 5.11 Å². The van der Waals surface area contributed by atoms with Crippen molar-refractivity contribution >= 4 is 17.7 Å². The second kappa shape index (κ2) is 6.43. The molecule has 0 aliphatic carbocycles. The lowest BCUT2D eigenvalue weighted by atomic mass is 9.94. The Labute approximate surface area is 108 Å². The third-order valence-electron chi connectivity index (χ3n) is 2.45. The summed E-state index contributed by atoms with van der Waals surface area (Å²) in [6, 6.07) is 7.45. The van der Waals surface area contributed by atoms with Gasteiger partial charge < -0.3 is 5.11 Å². The van der Waals surface area contributed by atoms with Gasteiger partial charge in [-0.3, -0.25) is 0 Å². The van der Waals surface area contributed by atoms with Crippen LogP contribution in [0.4, 0.5) is 0 Å². The zero-order chi connectivity index (χ0) is 12.7. The lowest BCUT2D eigenvalue weighted by molar-refractivity contribution is 0.0986. The highest BCUT2D eigenvalue weighted by Gasteiger charge is 2.19. The van der Waals surface area contributed by atoms with Crippen molar-refractivity contribution in [2.75, 3.05) is 0 Å². The van der Waals surface area contributed by atoms with Crippen LogP contribution in [0.2, 0.25) is 5.02 Å². The summed E-state index contributed by atoms with van der Waals surface area (Å²) < 4.78 is 0. The molecule has 0 saturated carbocycles. The Bertz CT molecular complexity index is 393. The summed E-state index contributed by atoms with van der Waals surface area (Å²) in [5.74, 6) is 0. The second-order valence-electron chi connectivity index (χ2n) is 3.97. The Kier molecular flexibility index (Phi) is 5.20. The minimum Gasteiger partial charge on any atom is -0.385 e. The number of rotatable bonds is 6. The van der Waals surface area contributed by atoms with Crippen LogP contribution < -0.4 is 0 Å². The van der Waals surface area contributed by atoms with E-state index in [1.54, 1.807) is 18.2 Å². The number of halogens is 1. The average Bonchev–Trinajstić information content (AvgIpc) is 2.29. The van der Waals surface area contributed by atoms with Gasteiger partial charge in [0.2, 0.25) is 0 Å². The Morgan fingerprint density at radius 2 is 1.65 bits per heavy atom. The number of aliphatic hydroxyl groups is 1. The van der Waals surface area contributed by atoms with Gasteiger partial charge in [0.15, 0.2) is 0 Å². The summed E-state index contributed by atoms with van der Waals surface area (Å²) in [4.78, 5) is 0. The van der Waals surface area contributed by atoms with Gasteiger partial charge in [0.05, 0.1) is 5.60 Å². The van der Waals surface area contributed by atoms with Crippen LogP contribution in [0.3, 0.4) is 0 Å². The molecule has 0 aliphatic heterocycles. The van der Waals surface area contributed by atoms with E-state index >= 15 is 0 Å². The van der Waals surface area contributed by atoms with Gasteiger partial charge in [0.1, 0.15) is 0 Å². The highest BCUT2D eigenvalue weighted by atomic mass is 35.5. The van der Waals surface area contributed by atoms with E-state index in [0.29, 0.717) is 17.9 Å². The fraction of sp³-hybridized carbons (Fsp3) is 0.200. The van der Waals surface area contributed by atoms with Gasteiger partial charge >= 0.3 is 0 Å². The molecule has 1 N–H and O–H groups in total. The minimum absolute atomic E-state index is 0.503. The van der Waals surface area contributed by atoms with E-state index in [1.165, 1.54) is 0 Å². The van der Waals surface area contributed by atoms with Gasteiger partial charge in [-0.15, -0.1) is 13.2 Å². The molecule has 90 valence electrons. The summed E-state index contributed by atoms with van der Waals surface area (Å²) in [5, 5.41) is 11.0. The maximum absolute atomic E-state index is 10.3. The van der Waals surface area contributed by atoms with Crippen molar-refractivity contribution in [2.45, 2.75) is 18.4 Å². The first-order valence-corrected chi connectivity index (χ1v) is 5.86. The molecule has 1 aromatic carbocycles. The van der Waals surface area contributed by atoms with Crippen molar-refractivity contribution in [1.82, 2.24) is 0 Å². The molecular weight excluding hydrogens is 232 g/mol. The Morgan fingerprint density at radius 3 is 2.12 bits per heavy atom. The molecule has 0 aromatic heterocycles. The molecule has 0 atom stereocenters. The monoisotopic (exact) mass is 248 g/mol. The van der Waals surface area contributed by atoms with Crippen molar-refractivity contribution in [1.29, 1.82) is 0 Å². The third-order valence-corrected chi connectivity index (χ3v) is 2.70. The van der Waals surface area contributed by atoms with E-state index in [0.717, 1.165) is 5.56 Å². The molecular formula is C15H17ClO. The summed E-state index contributed by atoms with van der Waals surface area (Å²) in [5.41, 5.74) is 0.101. The van der Waals surface area contributed by atoms with Crippen LogP contribution in [0.15, 0.2) is 55.7 Å². The number of benzene rings is 1. The standard InChI is InChI=1S/C15H17ClO/c1-3-10-15(17,11-4-2)12-9-13-5-7-14(16)8-6-13/h3-9,12,17H,1-2,10-11H2/b12-9+. The van der Waals surface area contributed by atoms with Gasteiger partial charge in [0, 0.05) is 5.02 Å². The molecule has 17 heavy (non-hydrogen) atoms. The molecule has 0 unspecified atom stereocenters. The summed E-state index contributed by atoms with van der Waals surface area (Å²) in [6.07, 6.45) is 8.07. The molecule has 0 heterocycles. The van der Waals surface area contributed by atoms with Crippen LogP contribution in [0.5, 0.6) is 0 Å². The van der Waals surface area contributed by atoms with Crippen molar-refractivity contribution in [3.05, 3.63) is 66.2 Å². The van der Waals surface area contributed by atoms with Gasteiger partial charge in [-0.1, -0.05) is 48.0 Å². The fourth-order valence-electron chi connectivity index (χ4n) is 1.54. The molecule has 0 fully saturated rings. The van der Waals surface area contributed by atoms with Gasteiger partial charge in [-0.05, 0) is 30.5 Å². The lowest BCUT2D eigenvalue weighted by Crippen LogP contribution is -2.23. The molecule has 0 radical (unpaired) electrons. The van der Waals surface area contributed by atoms with Crippen molar-refractivity contribution in [3.8, 4) is 0 Å². The van der Waals surface area contributed by atoms with Crippen molar-refractivity contribution in [2.24, 2.45) is 0 Å². The van der Waals surface area contributed by atoms with E-state index in [4.69, 9.17) is 11.6 Å². The predicted molar refractivity (Wildman–Crippen MR) is 75.1 cm³/mol. The second-order valence-corrected chi connectivity index (χ2v) is 4.41.